The van der Waals surface area contributed by atoms with E-state index in [0.29, 0.717) is 11.1 Å². The van der Waals surface area contributed by atoms with Gasteiger partial charge in [0.2, 0.25) is 5.91 Å². The summed E-state index contributed by atoms with van der Waals surface area (Å²) in [5, 5.41) is 0. The van der Waals surface area contributed by atoms with Gasteiger partial charge in [0.05, 0.1) is 0 Å². The van der Waals surface area contributed by atoms with Crippen molar-refractivity contribution in [1.82, 2.24) is 4.57 Å². The number of rotatable bonds is 2. The Balaban J connectivity index is 2.31. The molecular weight excluding hydrogens is 202 g/mol. The van der Waals surface area contributed by atoms with Crippen molar-refractivity contribution in [2.75, 3.05) is 0 Å². The van der Waals surface area contributed by atoms with Gasteiger partial charge >= 0.3 is 0 Å². The zero-order valence-electron chi connectivity index (χ0n) is 8.88. The van der Waals surface area contributed by atoms with Gasteiger partial charge in [-0.2, -0.15) is 0 Å². The molecule has 0 unspecified atom stereocenters. The lowest BCUT2D eigenvalue weighted by atomic mass is 10.1. The van der Waals surface area contributed by atoms with Crippen LogP contribution in [-0.2, 0) is 0 Å². The molecule has 16 heavy (non-hydrogen) atoms. The van der Waals surface area contributed by atoms with E-state index in [1.54, 1.807) is 30.6 Å². The molecule has 0 amide bonds. The number of ketones is 1. The molecule has 0 radical (unpaired) electrons. The molecule has 0 fully saturated rings. The first-order chi connectivity index (χ1) is 7.68. The molecule has 0 bridgehead atoms. The van der Waals surface area contributed by atoms with Crippen LogP contribution in [0.25, 0.3) is 0 Å². The fourth-order valence-electron chi connectivity index (χ4n) is 1.48. The van der Waals surface area contributed by atoms with Crippen LogP contribution in [0.1, 0.15) is 27.6 Å². The van der Waals surface area contributed by atoms with Crippen LogP contribution in [0, 0.1) is 0 Å². The number of carbonyl (C=O) groups is 2. The van der Waals surface area contributed by atoms with Gasteiger partial charge in [-0.05, 0) is 6.07 Å². The van der Waals surface area contributed by atoms with E-state index in [1.807, 2.05) is 18.2 Å². The van der Waals surface area contributed by atoms with E-state index in [2.05, 4.69) is 0 Å². The number of hydrogen-bond donors (Lipinski definition) is 0. The van der Waals surface area contributed by atoms with E-state index in [9.17, 15) is 9.59 Å². The van der Waals surface area contributed by atoms with Gasteiger partial charge in [0.1, 0.15) is 0 Å². The molecule has 3 heteroatoms. The maximum atomic E-state index is 12.0. The Morgan fingerprint density at radius 3 is 2.25 bits per heavy atom. The molecule has 0 saturated carbocycles. The summed E-state index contributed by atoms with van der Waals surface area (Å²) in [7, 11) is 0. The number of carbonyl (C=O) groups excluding carboxylic acids is 2. The summed E-state index contributed by atoms with van der Waals surface area (Å²) in [6, 6.07) is 10.7. The summed E-state index contributed by atoms with van der Waals surface area (Å²) in [5.41, 5.74) is 1.16. The van der Waals surface area contributed by atoms with Crippen molar-refractivity contribution in [3.05, 3.63) is 59.9 Å². The topological polar surface area (TPSA) is 39.1 Å². The van der Waals surface area contributed by atoms with Crippen LogP contribution in [0.4, 0.5) is 0 Å². The summed E-state index contributed by atoms with van der Waals surface area (Å²) >= 11 is 0. The summed E-state index contributed by atoms with van der Waals surface area (Å²) in [6.07, 6.45) is 3.15. The van der Waals surface area contributed by atoms with E-state index in [-0.39, 0.29) is 11.7 Å². The third kappa shape index (κ3) is 1.93. The van der Waals surface area contributed by atoms with Crippen LogP contribution in [0.2, 0.25) is 0 Å². The quantitative estimate of drug-likeness (QED) is 0.718. The van der Waals surface area contributed by atoms with Crippen LogP contribution in [0.5, 0.6) is 0 Å². The van der Waals surface area contributed by atoms with E-state index in [1.165, 1.54) is 11.5 Å². The minimum atomic E-state index is -0.105. The van der Waals surface area contributed by atoms with E-state index < -0.39 is 0 Å². The summed E-state index contributed by atoms with van der Waals surface area (Å²) < 4.78 is 1.40. The minimum absolute atomic E-state index is 0.0689. The Bertz CT molecular complexity index is 526. The SMILES string of the molecule is CC(=O)n1ccc(C(=O)c2ccccc2)c1. The van der Waals surface area contributed by atoms with Gasteiger partial charge < -0.3 is 0 Å². The molecule has 3 nitrogen and oxygen atoms in total. The largest absolute Gasteiger partial charge is 0.294 e. The van der Waals surface area contributed by atoms with E-state index in [4.69, 9.17) is 0 Å². The lowest BCUT2D eigenvalue weighted by Gasteiger charge is -1.97. The summed E-state index contributed by atoms with van der Waals surface area (Å²) in [4.78, 5) is 23.0. The van der Waals surface area contributed by atoms with Gasteiger partial charge in [0, 0.05) is 30.4 Å². The first kappa shape index (κ1) is 10.4. The monoisotopic (exact) mass is 213 g/mol. The second-order valence-corrected chi connectivity index (χ2v) is 3.52. The maximum Gasteiger partial charge on any atom is 0.227 e. The lowest BCUT2D eigenvalue weighted by Crippen LogP contribution is -2.03. The average Bonchev–Trinajstić information content (AvgIpc) is 2.78. The first-order valence-corrected chi connectivity index (χ1v) is 4.97. The van der Waals surface area contributed by atoms with Crippen molar-refractivity contribution in [2.24, 2.45) is 0 Å². The summed E-state index contributed by atoms with van der Waals surface area (Å²) in [6.45, 7) is 1.46. The molecule has 0 aliphatic rings. The molecule has 0 aliphatic carbocycles. The Labute approximate surface area is 93.3 Å². The van der Waals surface area contributed by atoms with Crippen LogP contribution >= 0.6 is 0 Å². The third-order valence-corrected chi connectivity index (χ3v) is 2.35. The second-order valence-electron chi connectivity index (χ2n) is 3.52. The predicted molar refractivity (Wildman–Crippen MR) is 60.6 cm³/mol. The number of aromatic nitrogens is 1. The fourth-order valence-corrected chi connectivity index (χ4v) is 1.48. The Morgan fingerprint density at radius 1 is 1.00 bits per heavy atom. The molecule has 1 aromatic carbocycles. The molecule has 2 aromatic rings. The highest BCUT2D eigenvalue weighted by atomic mass is 16.1. The van der Waals surface area contributed by atoms with Gasteiger partial charge in [0.25, 0.3) is 0 Å². The average molecular weight is 213 g/mol. The molecule has 2 rings (SSSR count). The Hall–Kier alpha value is -2.16. The predicted octanol–water partition coefficient (Wildman–Crippen LogP) is 2.38. The van der Waals surface area contributed by atoms with Crippen molar-refractivity contribution in [3.63, 3.8) is 0 Å². The van der Waals surface area contributed by atoms with Gasteiger partial charge in [-0.3, -0.25) is 14.2 Å². The van der Waals surface area contributed by atoms with Crippen molar-refractivity contribution >= 4 is 11.7 Å². The molecule has 0 aliphatic heterocycles. The zero-order chi connectivity index (χ0) is 11.5. The number of benzene rings is 1. The van der Waals surface area contributed by atoms with Crippen LogP contribution < -0.4 is 0 Å². The molecular formula is C13H11NO2. The number of nitrogens with zero attached hydrogens (tertiary/aromatic N) is 1. The molecule has 0 saturated heterocycles. The van der Waals surface area contributed by atoms with E-state index >= 15 is 0 Å². The smallest absolute Gasteiger partial charge is 0.227 e. The normalized spacial score (nSPS) is 10.1. The fraction of sp³-hybridized carbons (Fsp3) is 0.0769. The third-order valence-electron chi connectivity index (χ3n) is 2.35. The highest BCUT2D eigenvalue weighted by molar-refractivity contribution is 6.09. The van der Waals surface area contributed by atoms with Gasteiger partial charge in [-0.1, -0.05) is 30.3 Å². The minimum Gasteiger partial charge on any atom is -0.294 e. The van der Waals surface area contributed by atoms with E-state index in [0.717, 1.165) is 0 Å². The molecule has 80 valence electrons. The first-order valence-electron chi connectivity index (χ1n) is 4.97. The molecule has 1 aromatic heterocycles. The maximum absolute atomic E-state index is 12.0. The molecule has 1 heterocycles. The van der Waals surface area contributed by atoms with Gasteiger partial charge in [-0.25, -0.2) is 0 Å². The van der Waals surface area contributed by atoms with Gasteiger partial charge in [-0.15, -0.1) is 0 Å². The number of hydrogen-bond acceptors (Lipinski definition) is 2. The standard InChI is InChI=1S/C13H11NO2/c1-10(15)14-8-7-12(9-14)13(16)11-5-3-2-4-6-11/h2-9H,1H3. The van der Waals surface area contributed by atoms with Crippen LogP contribution in [0.15, 0.2) is 48.8 Å². The van der Waals surface area contributed by atoms with Crippen LogP contribution in [-0.4, -0.2) is 16.3 Å². The van der Waals surface area contributed by atoms with Crippen molar-refractivity contribution in [1.29, 1.82) is 0 Å². The Morgan fingerprint density at radius 2 is 1.69 bits per heavy atom. The molecule has 0 N–H and O–H groups in total. The summed E-state index contributed by atoms with van der Waals surface area (Å²) in [5.74, 6) is -0.173. The van der Waals surface area contributed by atoms with Crippen molar-refractivity contribution in [3.8, 4) is 0 Å². The molecule has 0 atom stereocenters. The second kappa shape index (κ2) is 4.14. The molecule has 0 spiro atoms. The highest BCUT2D eigenvalue weighted by Gasteiger charge is 2.10. The van der Waals surface area contributed by atoms with Crippen LogP contribution in [0.3, 0.4) is 0 Å². The highest BCUT2D eigenvalue weighted by Crippen LogP contribution is 2.09. The lowest BCUT2D eigenvalue weighted by molar-refractivity contribution is 0.0937. The Kier molecular flexibility index (Phi) is 2.68. The van der Waals surface area contributed by atoms with Crippen molar-refractivity contribution in [2.45, 2.75) is 6.92 Å². The van der Waals surface area contributed by atoms with Crippen molar-refractivity contribution < 1.29 is 9.59 Å². The van der Waals surface area contributed by atoms with Gasteiger partial charge in [0.15, 0.2) is 5.78 Å². The zero-order valence-corrected chi connectivity index (χ0v) is 8.88.